The van der Waals surface area contributed by atoms with Crippen LogP contribution >= 0.6 is 0 Å². The number of rotatable bonds is 6. The van der Waals surface area contributed by atoms with Crippen LogP contribution in [0.5, 0.6) is 0 Å². The quantitative estimate of drug-likeness (QED) is 0.638. The maximum atomic E-state index is 13.1. The van der Waals surface area contributed by atoms with Crippen molar-refractivity contribution in [3.63, 3.8) is 0 Å². The number of hydrogen-bond acceptors (Lipinski definition) is 4. The molecule has 29 heavy (non-hydrogen) atoms. The highest BCUT2D eigenvalue weighted by Crippen LogP contribution is 2.28. The second-order valence-electron chi connectivity index (χ2n) is 6.73. The van der Waals surface area contributed by atoms with Crippen LogP contribution < -0.4 is 10.6 Å². The third-order valence-electron chi connectivity index (χ3n) is 4.69. The van der Waals surface area contributed by atoms with Crippen molar-refractivity contribution in [2.75, 3.05) is 6.54 Å². The Morgan fingerprint density at radius 2 is 1.72 bits per heavy atom. The zero-order valence-corrected chi connectivity index (χ0v) is 15.4. The van der Waals surface area contributed by atoms with Gasteiger partial charge in [0.25, 0.3) is 5.91 Å². The number of amides is 4. The number of carbonyl (C=O) groups excluding carboxylic acids is 3. The van der Waals surface area contributed by atoms with Crippen LogP contribution in [0.2, 0.25) is 0 Å². The molecular formula is C20H18FN3O5. The number of carboxylic acid groups (broad SMARTS) is 1. The largest absolute Gasteiger partial charge is 0.478 e. The first kappa shape index (κ1) is 20.0. The lowest BCUT2D eigenvalue weighted by Gasteiger charge is -2.22. The van der Waals surface area contributed by atoms with Gasteiger partial charge in [-0.15, -0.1) is 0 Å². The minimum absolute atomic E-state index is 0.109. The predicted octanol–water partition coefficient (Wildman–Crippen LogP) is 1.61. The summed E-state index contributed by atoms with van der Waals surface area (Å²) >= 11 is 0. The molecule has 150 valence electrons. The Kier molecular flexibility index (Phi) is 5.31. The van der Waals surface area contributed by atoms with Gasteiger partial charge in [0.05, 0.1) is 5.56 Å². The summed E-state index contributed by atoms with van der Waals surface area (Å²) < 4.78 is 13.1. The highest BCUT2D eigenvalue weighted by molar-refractivity contribution is 6.09. The molecule has 8 nitrogen and oxygen atoms in total. The maximum Gasteiger partial charge on any atom is 0.335 e. The Balaban J connectivity index is 1.62. The van der Waals surface area contributed by atoms with E-state index in [0.29, 0.717) is 11.1 Å². The molecule has 1 aliphatic rings. The Bertz CT molecular complexity index is 975. The Morgan fingerprint density at radius 3 is 2.31 bits per heavy atom. The fourth-order valence-electron chi connectivity index (χ4n) is 2.98. The standard InChI is InChI=1S/C20H18FN3O5/c1-20(14-6-8-15(21)9-7-14)18(28)24(19(29)23-20)11-16(25)22-10-12-2-4-13(5-3-12)17(26)27/h2-9H,10-11H2,1H3,(H,22,25)(H,23,29)(H,26,27). The van der Waals surface area contributed by atoms with Crippen molar-refractivity contribution in [2.45, 2.75) is 19.0 Å². The lowest BCUT2D eigenvalue weighted by atomic mass is 9.92. The zero-order valence-electron chi connectivity index (χ0n) is 15.4. The molecule has 1 heterocycles. The minimum atomic E-state index is -1.39. The van der Waals surface area contributed by atoms with Gasteiger partial charge in [0, 0.05) is 6.54 Å². The van der Waals surface area contributed by atoms with E-state index in [4.69, 9.17) is 5.11 Å². The Morgan fingerprint density at radius 1 is 1.10 bits per heavy atom. The molecule has 0 spiro atoms. The van der Waals surface area contributed by atoms with Crippen molar-refractivity contribution in [3.8, 4) is 0 Å². The summed E-state index contributed by atoms with van der Waals surface area (Å²) in [6.45, 7) is 1.12. The van der Waals surface area contributed by atoms with Crippen LogP contribution in [0.15, 0.2) is 48.5 Å². The van der Waals surface area contributed by atoms with E-state index in [0.717, 1.165) is 4.90 Å². The number of nitrogens with zero attached hydrogens (tertiary/aromatic N) is 1. The van der Waals surface area contributed by atoms with E-state index in [1.807, 2.05) is 0 Å². The first-order valence-corrected chi connectivity index (χ1v) is 8.70. The highest BCUT2D eigenvalue weighted by atomic mass is 19.1. The Labute approximate surface area is 165 Å². The molecule has 2 aromatic carbocycles. The lowest BCUT2D eigenvalue weighted by Crippen LogP contribution is -2.43. The van der Waals surface area contributed by atoms with E-state index in [9.17, 15) is 23.6 Å². The van der Waals surface area contributed by atoms with E-state index in [2.05, 4.69) is 10.6 Å². The number of nitrogens with one attached hydrogen (secondary N) is 2. The number of halogens is 1. The van der Waals surface area contributed by atoms with Gasteiger partial charge in [0.2, 0.25) is 5.91 Å². The summed E-state index contributed by atoms with van der Waals surface area (Å²) in [5.74, 6) is -2.70. The molecule has 1 unspecified atom stereocenters. The van der Waals surface area contributed by atoms with Crippen molar-refractivity contribution >= 4 is 23.8 Å². The lowest BCUT2D eigenvalue weighted by molar-refractivity contribution is -0.134. The summed E-state index contributed by atoms with van der Waals surface area (Å²) in [5, 5.41) is 14.0. The van der Waals surface area contributed by atoms with Gasteiger partial charge in [0.1, 0.15) is 17.9 Å². The van der Waals surface area contributed by atoms with Gasteiger partial charge in [-0.2, -0.15) is 0 Å². The van der Waals surface area contributed by atoms with Crippen LogP contribution in [-0.4, -0.2) is 40.4 Å². The Hall–Kier alpha value is -3.75. The predicted molar refractivity (Wildman–Crippen MR) is 99.2 cm³/mol. The van der Waals surface area contributed by atoms with Gasteiger partial charge < -0.3 is 15.7 Å². The van der Waals surface area contributed by atoms with Crippen LogP contribution in [0.3, 0.4) is 0 Å². The van der Waals surface area contributed by atoms with Crippen molar-refractivity contribution in [1.29, 1.82) is 0 Å². The first-order chi connectivity index (χ1) is 13.7. The van der Waals surface area contributed by atoms with Gasteiger partial charge in [-0.1, -0.05) is 24.3 Å². The summed E-state index contributed by atoms with van der Waals surface area (Å²) in [7, 11) is 0. The van der Waals surface area contributed by atoms with Crippen LogP contribution in [0.1, 0.15) is 28.4 Å². The molecule has 1 fully saturated rings. The average molecular weight is 399 g/mol. The third kappa shape index (κ3) is 4.08. The first-order valence-electron chi connectivity index (χ1n) is 8.70. The second kappa shape index (κ2) is 7.70. The molecule has 3 rings (SSSR count). The van der Waals surface area contributed by atoms with E-state index in [1.165, 1.54) is 43.3 Å². The second-order valence-corrected chi connectivity index (χ2v) is 6.73. The number of benzene rings is 2. The van der Waals surface area contributed by atoms with Crippen LogP contribution in [0, 0.1) is 5.82 Å². The minimum Gasteiger partial charge on any atom is -0.478 e. The molecule has 0 bridgehead atoms. The van der Waals surface area contributed by atoms with Crippen LogP contribution in [-0.2, 0) is 21.7 Å². The molecule has 0 saturated carbocycles. The normalized spacial score (nSPS) is 18.5. The number of hydrogen-bond donors (Lipinski definition) is 3. The fourth-order valence-corrected chi connectivity index (χ4v) is 2.98. The van der Waals surface area contributed by atoms with E-state index in [1.54, 1.807) is 12.1 Å². The van der Waals surface area contributed by atoms with Gasteiger partial charge in [-0.3, -0.25) is 14.5 Å². The monoisotopic (exact) mass is 399 g/mol. The molecule has 0 radical (unpaired) electrons. The molecule has 3 N–H and O–H groups in total. The molecule has 1 atom stereocenters. The number of carboxylic acids is 1. The number of urea groups is 1. The van der Waals surface area contributed by atoms with Crippen molar-refractivity contribution in [2.24, 2.45) is 0 Å². The number of imide groups is 1. The summed E-state index contributed by atoms with van der Waals surface area (Å²) in [6.07, 6.45) is 0. The maximum absolute atomic E-state index is 13.1. The molecule has 9 heteroatoms. The van der Waals surface area contributed by atoms with Gasteiger partial charge in [0.15, 0.2) is 0 Å². The molecule has 0 aliphatic carbocycles. The van der Waals surface area contributed by atoms with Crippen molar-refractivity contribution in [3.05, 3.63) is 71.0 Å². The molecule has 2 aromatic rings. The van der Waals surface area contributed by atoms with E-state index in [-0.39, 0.29) is 12.1 Å². The van der Waals surface area contributed by atoms with Crippen molar-refractivity contribution < 1.29 is 28.7 Å². The molecule has 1 aliphatic heterocycles. The van der Waals surface area contributed by atoms with E-state index < -0.39 is 41.7 Å². The van der Waals surface area contributed by atoms with E-state index >= 15 is 0 Å². The molecular weight excluding hydrogens is 381 g/mol. The molecule has 0 aromatic heterocycles. The van der Waals surface area contributed by atoms with Crippen molar-refractivity contribution in [1.82, 2.24) is 15.5 Å². The summed E-state index contributed by atoms with van der Waals surface area (Å²) in [6, 6.07) is 10.4. The SMILES string of the molecule is CC1(c2ccc(F)cc2)NC(=O)N(CC(=O)NCc2ccc(C(=O)O)cc2)C1=O. The smallest absolute Gasteiger partial charge is 0.335 e. The molecule has 4 amide bonds. The summed E-state index contributed by atoms with van der Waals surface area (Å²) in [5.41, 5.74) is -0.201. The number of aromatic carboxylic acids is 1. The van der Waals surface area contributed by atoms with Gasteiger partial charge in [-0.05, 0) is 42.3 Å². The van der Waals surface area contributed by atoms with Crippen LogP contribution in [0.4, 0.5) is 9.18 Å². The zero-order chi connectivity index (χ0) is 21.2. The topological polar surface area (TPSA) is 116 Å². The highest BCUT2D eigenvalue weighted by Gasteiger charge is 2.49. The van der Waals surface area contributed by atoms with Gasteiger partial charge in [-0.25, -0.2) is 14.0 Å². The molecule has 1 saturated heterocycles. The van der Waals surface area contributed by atoms with Gasteiger partial charge >= 0.3 is 12.0 Å². The van der Waals surface area contributed by atoms with Crippen LogP contribution in [0.25, 0.3) is 0 Å². The number of carbonyl (C=O) groups is 4. The average Bonchev–Trinajstić information content (AvgIpc) is 2.91. The summed E-state index contributed by atoms with van der Waals surface area (Å²) in [4.78, 5) is 48.8. The fraction of sp³-hybridized carbons (Fsp3) is 0.200. The third-order valence-corrected chi connectivity index (χ3v) is 4.69.